The van der Waals surface area contributed by atoms with Crippen LogP contribution in [0.25, 0.3) is 0 Å². The van der Waals surface area contributed by atoms with Crippen LogP contribution >= 0.6 is 11.3 Å². The van der Waals surface area contributed by atoms with Crippen LogP contribution in [0.2, 0.25) is 0 Å². The van der Waals surface area contributed by atoms with Crippen molar-refractivity contribution in [3.8, 4) is 0 Å². The maximum absolute atomic E-state index is 11.6. The normalized spacial score (nSPS) is 19.8. The largest absolute Gasteiger partial charge is 0.476 e. The topological polar surface area (TPSA) is 99.6 Å². The van der Waals surface area contributed by atoms with E-state index in [0.717, 1.165) is 11.3 Å². The van der Waals surface area contributed by atoms with E-state index in [4.69, 9.17) is 5.11 Å². The lowest BCUT2D eigenvalue weighted by Crippen LogP contribution is -2.58. The van der Waals surface area contributed by atoms with Gasteiger partial charge in [-0.1, -0.05) is 6.92 Å². The molecule has 1 aliphatic rings. The number of nitrogens with one attached hydrogen (secondary N) is 1. The SMILES string of the molecule is CCC1C(=O)NC(=O)CN1c1nc(C(=O)O)cs1. The van der Waals surface area contributed by atoms with E-state index in [1.54, 1.807) is 0 Å². The molecule has 18 heavy (non-hydrogen) atoms. The molecule has 0 spiro atoms. The zero-order valence-corrected chi connectivity index (χ0v) is 10.4. The molecule has 2 amide bonds. The average molecular weight is 269 g/mol. The highest BCUT2D eigenvalue weighted by molar-refractivity contribution is 7.14. The lowest BCUT2D eigenvalue weighted by molar-refractivity contribution is -0.132. The van der Waals surface area contributed by atoms with Crippen molar-refractivity contribution in [3.63, 3.8) is 0 Å². The highest BCUT2D eigenvalue weighted by Gasteiger charge is 2.34. The van der Waals surface area contributed by atoms with E-state index in [2.05, 4.69) is 10.3 Å². The number of carboxylic acid groups (broad SMARTS) is 1. The van der Waals surface area contributed by atoms with Crippen LogP contribution in [0.5, 0.6) is 0 Å². The number of thiazole rings is 1. The second-order valence-electron chi connectivity index (χ2n) is 3.78. The van der Waals surface area contributed by atoms with Gasteiger partial charge in [-0.3, -0.25) is 14.9 Å². The summed E-state index contributed by atoms with van der Waals surface area (Å²) in [6, 6.07) is -0.490. The fourth-order valence-corrected chi connectivity index (χ4v) is 2.62. The molecule has 0 bridgehead atoms. The molecule has 1 atom stereocenters. The molecule has 96 valence electrons. The molecule has 1 saturated heterocycles. The van der Waals surface area contributed by atoms with Crippen molar-refractivity contribution in [2.45, 2.75) is 19.4 Å². The van der Waals surface area contributed by atoms with E-state index >= 15 is 0 Å². The zero-order valence-electron chi connectivity index (χ0n) is 9.54. The van der Waals surface area contributed by atoms with Crippen LogP contribution in [-0.4, -0.2) is 40.5 Å². The number of anilines is 1. The molecule has 2 N–H and O–H groups in total. The summed E-state index contributed by atoms with van der Waals surface area (Å²) in [4.78, 5) is 39.2. The Balaban J connectivity index is 2.30. The second-order valence-corrected chi connectivity index (χ2v) is 4.62. The smallest absolute Gasteiger partial charge is 0.355 e. The first-order chi connectivity index (χ1) is 8.52. The van der Waals surface area contributed by atoms with Gasteiger partial charge in [0.1, 0.15) is 12.6 Å². The van der Waals surface area contributed by atoms with Crippen molar-refractivity contribution >= 4 is 34.3 Å². The summed E-state index contributed by atoms with van der Waals surface area (Å²) in [5.74, 6) is -1.91. The first kappa shape index (κ1) is 12.5. The van der Waals surface area contributed by atoms with E-state index in [0.29, 0.717) is 11.6 Å². The number of rotatable bonds is 3. The van der Waals surface area contributed by atoms with E-state index in [1.807, 2.05) is 6.92 Å². The Morgan fingerprint density at radius 2 is 2.39 bits per heavy atom. The molecule has 0 radical (unpaired) electrons. The minimum atomic E-state index is -1.13. The summed E-state index contributed by atoms with van der Waals surface area (Å²) in [5, 5.41) is 12.8. The second kappa shape index (κ2) is 4.73. The van der Waals surface area contributed by atoms with E-state index in [1.165, 1.54) is 10.3 Å². The Labute approximate surface area is 106 Å². The summed E-state index contributed by atoms with van der Waals surface area (Å²) in [5.41, 5.74) is -0.0803. The standard InChI is InChI=1S/C10H11N3O4S/c1-2-6-8(15)12-7(14)3-13(6)10-11-5(4-18-10)9(16)17/h4,6H,2-3H2,1H3,(H,16,17)(H,12,14,15). The zero-order chi connectivity index (χ0) is 13.3. The van der Waals surface area contributed by atoms with Crippen molar-refractivity contribution in [2.24, 2.45) is 0 Å². The monoisotopic (exact) mass is 269 g/mol. The Morgan fingerprint density at radius 1 is 1.67 bits per heavy atom. The molecule has 1 aliphatic heterocycles. The van der Waals surface area contributed by atoms with E-state index in [-0.39, 0.29) is 18.1 Å². The van der Waals surface area contributed by atoms with Gasteiger partial charge in [0, 0.05) is 5.38 Å². The van der Waals surface area contributed by atoms with Gasteiger partial charge in [-0.2, -0.15) is 0 Å². The van der Waals surface area contributed by atoms with Gasteiger partial charge in [-0.25, -0.2) is 9.78 Å². The molecule has 0 saturated carbocycles. The number of aromatic nitrogens is 1. The summed E-state index contributed by atoms with van der Waals surface area (Å²) in [7, 11) is 0. The average Bonchev–Trinajstić information content (AvgIpc) is 2.77. The van der Waals surface area contributed by atoms with Gasteiger partial charge in [-0.15, -0.1) is 11.3 Å². The van der Waals surface area contributed by atoms with Gasteiger partial charge in [0.2, 0.25) is 11.8 Å². The maximum Gasteiger partial charge on any atom is 0.355 e. The summed E-state index contributed by atoms with van der Waals surface area (Å²) in [6.45, 7) is 1.83. The molecular formula is C10H11N3O4S. The van der Waals surface area contributed by atoms with Crippen LogP contribution in [0.4, 0.5) is 5.13 Å². The highest BCUT2D eigenvalue weighted by Crippen LogP contribution is 2.25. The molecule has 7 nitrogen and oxygen atoms in total. The molecule has 8 heteroatoms. The number of piperazine rings is 1. The van der Waals surface area contributed by atoms with Gasteiger partial charge in [0.05, 0.1) is 0 Å². The van der Waals surface area contributed by atoms with Gasteiger partial charge in [-0.05, 0) is 6.42 Å². The summed E-state index contributed by atoms with van der Waals surface area (Å²) in [6.07, 6.45) is 0.515. The Kier molecular flexibility index (Phi) is 3.28. The third kappa shape index (κ3) is 2.19. The number of imide groups is 1. The third-order valence-electron chi connectivity index (χ3n) is 2.60. The quantitative estimate of drug-likeness (QED) is 0.754. The third-order valence-corrected chi connectivity index (χ3v) is 3.48. The fourth-order valence-electron chi connectivity index (χ4n) is 1.77. The van der Waals surface area contributed by atoms with Crippen molar-refractivity contribution in [1.29, 1.82) is 0 Å². The van der Waals surface area contributed by atoms with Gasteiger partial charge in [0.15, 0.2) is 10.8 Å². The number of carbonyl (C=O) groups excluding carboxylic acids is 2. The van der Waals surface area contributed by atoms with Crippen LogP contribution in [0.15, 0.2) is 5.38 Å². The Morgan fingerprint density at radius 3 is 2.94 bits per heavy atom. The Bertz CT molecular complexity index is 513. The lowest BCUT2D eigenvalue weighted by Gasteiger charge is -2.32. The molecule has 1 fully saturated rings. The van der Waals surface area contributed by atoms with E-state index in [9.17, 15) is 14.4 Å². The molecule has 1 aromatic heterocycles. The molecule has 1 unspecified atom stereocenters. The fraction of sp³-hybridized carbons (Fsp3) is 0.400. The summed E-state index contributed by atoms with van der Waals surface area (Å²) >= 11 is 1.11. The van der Waals surface area contributed by atoms with Gasteiger partial charge < -0.3 is 10.0 Å². The first-order valence-corrected chi connectivity index (χ1v) is 6.20. The number of hydrogen-bond donors (Lipinski definition) is 2. The predicted octanol–water partition coefficient (Wildman–Crippen LogP) is 0.0827. The number of hydrogen-bond acceptors (Lipinski definition) is 6. The van der Waals surface area contributed by atoms with Crippen molar-refractivity contribution in [2.75, 3.05) is 11.4 Å². The van der Waals surface area contributed by atoms with Crippen molar-refractivity contribution in [3.05, 3.63) is 11.1 Å². The number of nitrogens with zero attached hydrogens (tertiary/aromatic N) is 2. The molecule has 2 rings (SSSR count). The van der Waals surface area contributed by atoms with Crippen molar-refractivity contribution < 1.29 is 19.5 Å². The van der Waals surface area contributed by atoms with Crippen LogP contribution in [0.1, 0.15) is 23.8 Å². The van der Waals surface area contributed by atoms with Crippen LogP contribution < -0.4 is 10.2 Å². The maximum atomic E-state index is 11.6. The molecule has 0 aromatic carbocycles. The molecule has 0 aliphatic carbocycles. The van der Waals surface area contributed by atoms with Crippen molar-refractivity contribution in [1.82, 2.24) is 10.3 Å². The van der Waals surface area contributed by atoms with Crippen LogP contribution in [0, 0.1) is 0 Å². The van der Waals surface area contributed by atoms with Crippen LogP contribution in [-0.2, 0) is 9.59 Å². The first-order valence-electron chi connectivity index (χ1n) is 5.32. The number of carboxylic acids is 1. The highest BCUT2D eigenvalue weighted by atomic mass is 32.1. The van der Waals surface area contributed by atoms with Crippen LogP contribution in [0.3, 0.4) is 0 Å². The number of carbonyl (C=O) groups is 3. The molecular weight excluding hydrogens is 258 g/mol. The Hall–Kier alpha value is -1.96. The van der Waals surface area contributed by atoms with Gasteiger partial charge in [0.25, 0.3) is 0 Å². The van der Waals surface area contributed by atoms with E-state index < -0.39 is 17.9 Å². The molecule has 1 aromatic rings. The molecule has 2 heterocycles. The minimum Gasteiger partial charge on any atom is -0.476 e. The lowest BCUT2D eigenvalue weighted by atomic mass is 10.1. The van der Waals surface area contributed by atoms with Gasteiger partial charge >= 0.3 is 5.97 Å². The minimum absolute atomic E-state index is 0.0107. The summed E-state index contributed by atoms with van der Waals surface area (Å²) < 4.78 is 0. The number of amides is 2. The predicted molar refractivity (Wildman–Crippen MR) is 63.6 cm³/mol. The number of aromatic carboxylic acids is 1.